The normalized spacial score (nSPS) is 11.7. The summed E-state index contributed by atoms with van der Waals surface area (Å²) in [5.41, 5.74) is 0. The summed E-state index contributed by atoms with van der Waals surface area (Å²) in [6, 6.07) is 2.06. The van der Waals surface area contributed by atoms with Crippen LogP contribution in [0.25, 0.3) is 0 Å². The summed E-state index contributed by atoms with van der Waals surface area (Å²) in [5, 5.41) is 8.25. The molecule has 14 heavy (non-hydrogen) atoms. The van der Waals surface area contributed by atoms with Gasteiger partial charge in [0.1, 0.15) is 0 Å². The summed E-state index contributed by atoms with van der Waals surface area (Å²) in [6.45, 7) is 2.18. The maximum Gasteiger partial charge on any atom is 0.0663 e. The number of allylic oxidation sites excluding steroid dienone is 6. The first kappa shape index (κ1) is 12.7. The van der Waals surface area contributed by atoms with Gasteiger partial charge in [0, 0.05) is 0 Å². The molecule has 0 atom stereocenters. The predicted molar refractivity (Wildman–Crippen MR) is 61.8 cm³/mol. The standard InChI is InChI=1S/C13H19N/c1-2-3-4-5-6-7-8-9-10-11-12-13-14/h4-5,8-11H,2-3,6-7,12H2,1H3/b5-4+,9-8+,11-10+. The van der Waals surface area contributed by atoms with E-state index in [0.29, 0.717) is 6.42 Å². The molecule has 0 aliphatic heterocycles. The number of rotatable bonds is 7. The van der Waals surface area contributed by atoms with Gasteiger partial charge in [0.15, 0.2) is 0 Å². The highest BCUT2D eigenvalue weighted by atomic mass is 14.2. The molecule has 0 saturated carbocycles. The molecule has 0 rings (SSSR count). The molecule has 0 spiro atoms. The number of nitrogens with zero attached hydrogens (tertiary/aromatic N) is 1. The number of hydrogen-bond acceptors (Lipinski definition) is 1. The first-order valence-corrected chi connectivity index (χ1v) is 5.25. The van der Waals surface area contributed by atoms with Crippen molar-refractivity contribution in [3.05, 3.63) is 36.5 Å². The molecular weight excluding hydrogens is 170 g/mol. The fourth-order valence-electron chi connectivity index (χ4n) is 0.969. The molecule has 0 fully saturated rings. The average Bonchev–Trinajstić information content (AvgIpc) is 2.21. The molecule has 0 unspecified atom stereocenters. The van der Waals surface area contributed by atoms with Crippen LogP contribution in [-0.4, -0.2) is 0 Å². The quantitative estimate of drug-likeness (QED) is 0.335. The molecule has 0 saturated heterocycles. The fraction of sp³-hybridized carbons (Fsp3) is 0.462. The summed E-state index contributed by atoms with van der Waals surface area (Å²) in [6.07, 6.45) is 17.5. The Kier molecular flexibility index (Phi) is 10.6. The van der Waals surface area contributed by atoms with Crippen LogP contribution in [0.5, 0.6) is 0 Å². The average molecular weight is 189 g/mol. The molecule has 0 aromatic rings. The molecule has 76 valence electrons. The largest absolute Gasteiger partial charge is 0.198 e. The van der Waals surface area contributed by atoms with Crippen LogP contribution in [0.15, 0.2) is 36.5 Å². The molecule has 0 aromatic heterocycles. The highest BCUT2D eigenvalue weighted by Crippen LogP contribution is 1.96. The molecule has 0 aliphatic rings. The number of hydrogen-bond donors (Lipinski definition) is 0. The van der Waals surface area contributed by atoms with E-state index in [0.717, 1.165) is 12.8 Å². The number of nitriles is 1. The van der Waals surface area contributed by atoms with Crippen molar-refractivity contribution in [1.82, 2.24) is 0 Å². The van der Waals surface area contributed by atoms with Crippen molar-refractivity contribution in [1.29, 1.82) is 5.26 Å². The first-order valence-electron chi connectivity index (χ1n) is 5.25. The minimum Gasteiger partial charge on any atom is -0.198 e. The third-order valence-electron chi connectivity index (χ3n) is 1.71. The molecule has 0 radical (unpaired) electrons. The van der Waals surface area contributed by atoms with Gasteiger partial charge in [-0.1, -0.05) is 49.8 Å². The summed E-state index contributed by atoms with van der Waals surface area (Å²) in [5.74, 6) is 0. The van der Waals surface area contributed by atoms with Crippen LogP contribution in [0.4, 0.5) is 0 Å². The van der Waals surface area contributed by atoms with Gasteiger partial charge >= 0.3 is 0 Å². The Morgan fingerprint density at radius 3 is 2.29 bits per heavy atom. The van der Waals surface area contributed by atoms with Crippen LogP contribution in [-0.2, 0) is 0 Å². The smallest absolute Gasteiger partial charge is 0.0663 e. The SMILES string of the molecule is CCC/C=C/CC/C=C/C=C/CC#N. The van der Waals surface area contributed by atoms with E-state index in [1.165, 1.54) is 12.8 Å². The zero-order chi connectivity index (χ0) is 10.5. The molecule has 0 aromatic carbocycles. The van der Waals surface area contributed by atoms with E-state index in [4.69, 9.17) is 5.26 Å². The monoisotopic (exact) mass is 189 g/mol. The zero-order valence-corrected chi connectivity index (χ0v) is 8.95. The Morgan fingerprint density at radius 1 is 0.929 bits per heavy atom. The van der Waals surface area contributed by atoms with E-state index in [2.05, 4.69) is 31.2 Å². The lowest BCUT2D eigenvalue weighted by Gasteiger charge is -1.86. The molecule has 0 heterocycles. The second-order valence-electron chi connectivity index (χ2n) is 3.06. The lowest BCUT2D eigenvalue weighted by Crippen LogP contribution is -1.65. The van der Waals surface area contributed by atoms with Gasteiger partial charge in [-0.05, 0) is 19.3 Å². The van der Waals surface area contributed by atoms with Crippen LogP contribution in [0.3, 0.4) is 0 Å². The third kappa shape index (κ3) is 10.7. The highest BCUT2D eigenvalue weighted by Gasteiger charge is 1.76. The van der Waals surface area contributed by atoms with Crippen molar-refractivity contribution in [2.24, 2.45) is 0 Å². The maximum atomic E-state index is 8.25. The van der Waals surface area contributed by atoms with Gasteiger partial charge in [-0.3, -0.25) is 0 Å². The summed E-state index contributed by atoms with van der Waals surface area (Å²) in [4.78, 5) is 0. The molecular formula is C13H19N. The Labute approximate surface area is 87.4 Å². The van der Waals surface area contributed by atoms with E-state index in [-0.39, 0.29) is 0 Å². The van der Waals surface area contributed by atoms with Crippen LogP contribution in [0.2, 0.25) is 0 Å². The minimum atomic E-state index is 0.501. The van der Waals surface area contributed by atoms with Gasteiger partial charge < -0.3 is 0 Å². The lowest BCUT2D eigenvalue weighted by molar-refractivity contribution is 0.943. The van der Waals surface area contributed by atoms with Gasteiger partial charge in [0.25, 0.3) is 0 Å². The van der Waals surface area contributed by atoms with E-state index in [1.54, 1.807) is 0 Å². The van der Waals surface area contributed by atoms with E-state index < -0.39 is 0 Å². The number of unbranched alkanes of at least 4 members (excludes halogenated alkanes) is 2. The fourth-order valence-corrected chi connectivity index (χ4v) is 0.969. The Morgan fingerprint density at radius 2 is 1.57 bits per heavy atom. The molecule has 0 aliphatic carbocycles. The van der Waals surface area contributed by atoms with Crippen molar-refractivity contribution in [3.63, 3.8) is 0 Å². The summed E-state index contributed by atoms with van der Waals surface area (Å²) in [7, 11) is 0. The Balaban J connectivity index is 3.31. The Hall–Kier alpha value is -1.29. The van der Waals surface area contributed by atoms with E-state index in [1.807, 2.05) is 18.2 Å². The van der Waals surface area contributed by atoms with Crippen LogP contribution in [0, 0.1) is 11.3 Å². The Bertz CT molecular complexity index is 228. The van der Waals surface area contributed by atoms with Crippen molar-refractivity contribution in [2.45, 2.75) is 39.0 Å². The van der Waals surface area contributed by atoms with Crippen molar-refractivity contribution in [2.75, 3.05) is 0 Å². The van der Waals surface area contributed by atoms with E-state index in [9.17, 15) is 0 Å². The van der Waals surface area contributed by atoms with Crippen LogP contribution in [0.1, 0.15) is 39.0 Å². The maximum absolute atomic E-state index is 8.25. The van der Waals surface area contributed by atoms with Crippen molar-refractivity contribution in [3.8, 4) is 6.07 Å². The van der Waals surface area contributed by atoms with Gasteiger partial charge in [0.2, 0.25) is 0 Å². The molecule has 0 N–H and O–H groups in total. The van der Waals surface area contributed by atoms with Gasteiger partial charge in [-0.15, -0.1) is 0 Å². The summed E-state index contributed by atoms with van der Waals surface area (Å²) < 4.78 is 0. The molecule has 0 bridgehead atoms. The molecule has 0 amide bonds. The third-order valence-corrected chi connectivity index (χ3v) is 1.71. The van der Waals surface area contributed by atoms with Crippen molar-refractivity contribution < 1.29 is 0 Å². The van der Waals surface area contributed by atoms with Gasteiger partial charge in [0.05, 0.1) is 12.5 Å². The van der Waals surface area contributed by atoms with Crippen LogP contribution >= 0.6 is 0 Å². The van der Waals surface area contributed by atoms with Crippen molar-refractivity contribution >= 4 is 0 Å². The topological polar surface area (TPSA) is 23.8 Å². The predicted octanol–water partition coefficient (Wildman–Crippen LogP) is 4.15. The second-order valence-corrected chi connectivity index (χ2v) is 3.06. The van der Waals surface area contributed by atoms with Crippen LogP contribution < -0.4 is 0 Å². The minimum absolute atomic E-state index is 0.501. The highest BCUT2D eigenvalue weighted by molar-refractivity contribution is 5.05. The molecule has 1 nitrogen and oxygen atoms in total. The van der Waals surface area contributed by atoms with E-state index >= 15 is 0 Å². The van der Waals surface area contributed by atoms with Gasteiger partial charge in [-0.25, -0.2) is 0 Å². The zero-order valence-electron chi connectivity index (χ0n) is 8.95. The van der Waals surface area contributed by atoms with Gasteiger partial charge in [-0.2, -0.15) is 5.26 Å². The lowest BCUT2D eigenvalue weighted by atomic mass is 10.2. The molecule has 1 heteroatoms. The second kappa shape index (κ2) is 11.7. The summed E-state index contributed by atoms with van der Waals surface area (Å²) >= 11 is 0. The first-order chi connectivity index (χ1) is 6.91.